The lowest BCUT2D eigenvalue weighted by Crippen LogP contribution is -2.55. The van der Waals surface area contributed by atoms with Crippen molar-refractivity contribution >= 4 is 6.09 Å². The predicted molar refractivity (Wildman–Crippen MR) is 116 cm³/mol. The molecule has 4 fully saturated rings. The lowest BCUT2D eigenvalue weighted by molar-refractivity contribution is -0.128. The molecule has 3 saturated carbocycles. The Kier molecular flexibility index (Phi) is 5.41. The minimum Gasteiger partial charge on any atom is -0.444 e. The van der Waals surface area contributed by atoms with E-state index in [9.17, 15) is 4.79 Å². The second-order valence-corrected chi connectivity index (χ2v) is 10.7. The molecule has 2 atom stereocenters. The molecule has 1 aromatic carbocycles. The van der Waals surface area contributed by atoms with E-state index in [1.807, 2.05) is 32.6 Å². The van der Waals surface area contributed by atoms with Crippen molar-refractivity contribution in [3.05, 3.63) is 35.4 Å². The minimum absolute atomic E-state index is 0.0671. The van der Waals surface area contributed by atoms with Gasteiger partial charge in [0.1, 0.15) is 5.60 Å². The molecular weight excluding hydrogens is 362 g/mol. The second-order valence-electron chi connectivity index (χ2n) is 10.7. The van der Waals surface area contributed by atoms with Crippen LogP contribution in [0, 0.1) is 11.3 Å². The van der Waals surface area contributed by atoms with Gasteiger partial charge in [-0.1, -0.05) is 24.3 Å². The Bertz CT molecular complexity index is 712. The molecule has 0 aromatic heterocycles. The highest BCUT2D eigenvalue weighted by Crippen LogP contribution is 2.68. The second kappa shape index (κ2) is 7.59. The van der Waals surface area contributed by atoms with E-state index in [0.29, 0.717) is 11.5 Å². The van der Waals surface area contributed by atoms with Crippen LogP contribution in [-0.4, -0.2) is 47.7 Å². The molecule has 1 aromatic rings. The number of nitrogens with two attached hydrogens (primary N) is 1. The Hall–Kier alpha value is -1.59. The summed E-state index contributed by atoms with van der Waals surface area (Å²) in [7, 11) is 0. The van der Waals surface area contributed by atoms with Gasteiger partial charge in [-0.25, -0.2) is 4.79 Å². The number of amides is 1. The van der Waals surface area contributed by atoms with Crippen molar-refractivity contribution in [3.63, 3.8) is 0 Å². The van der Waals surface area contributed by atoms with Gasteiger partial charge in [0, 0.05) is 38.3 Å². The third kappa shape index (κ3) is 4.46. The Morgan fingerprint density at radius 3 is 2.10 bits per heavy atom. The van der Waals surface area contributed by atoms with Crippen LogP contribution in [0.15, 0.2) is 24.3 Å². The molecule has 0 spiro atoms. The molecule has 2 bridgehead atoms. The largest absolute Gasteiger partial charge is 0.444 e. The molecule has 1 amide bonds. The van der Waals surface area contributed by atoms with E-state index in [-0.39, 0.29) is 12.1 Å². The zero-order valence-corrected chi connectivity index (χ0v) is 18.5. The number of nitrogens with zero attached hydrogens (tertiary/aromatic N) is 2. The molecule has 1 saturated heterocycles. The van der Waals surface area contributed by atoms with Gasteiger partial charge in [0.25, 0.3) is 0 Å². The Morgan fingerprint density at radius 1 is 1.10 bits per heavy atom. The topological polar surface area (TPSA) is 58.8 Å². The lowest BCUT2D eigenvalue weighted by Gasteiger charge is -2.64. The maximum atomic E-state index is 12.4. The zero-order valence-electron chi connectivity index (χ0n) is 18.5. The van der Waals surface area contributed by atoms with Gasteiger partial charge in [-0.05, 0) is 75.8 Å². The summed E-state index contributed by atoms with van der Waals surface area (Å²) in [6, 6.07) is 9.42. The van der Waals surface area contributed by atoms with Crippen LogP contribution in [0.1, 0.15) is 76.6 Å². The van der Waals surface area contributed by atoms with Gasteiger partial charge in [-0.15, -0.1) is 0 Å². The number of carbonyl (C=O) groups is 1. The summed E-state index contributed by atoms with van der Waals surface area (Å²) >= 11 is 0. The fraction of sp³-hybridized carbons (Fsp3) is 0.708. The smallest absolute Gasteiger partial charge is 0.410 e. The first-order chi connectivity index (χ1) is 13.6. The number of benzene rings is 1. The van der Waals surface area contributed by atoms with Gasteiger partial charge < -0.3 is 15.4 Å². The normalized spacial score (nSPS) is 28.9. The molecule has 1 heterocycles. The van der Waals surface area contributed by atoms with Crippen molar-refractivity contribution < 1.29 is 9.53 Å². The summed E-state index contributed by atoms with van der Waals surface area (Å²) in [6.45, 7) is 11.1. The van der Waals surface area contributed by atoms with Gasteiger partial charge in [0.15, 0.2) is 0 Å². The number of hydrogen-bond donors (Lipinski definition) is 1. The van der Waals surface area contributed by atoms with E-state index in [0.717, 1.165) is 32.1 Å². The fourth-order valence-corrected chi connectivity index (χ4v) is 5.34. The van der Waals surface area contributed by atoms with Crippen molar-refractivity contribution in [1.82, 2.24) is 9.80 Å². The predicted octanol–water partition coefficient (Wildman–Crippen LogP) is 4.49. The molecule has 1 aliphatic heterocycles. The van der Waals surface area contributed by atoms with E-state index in [4.69, 9.17) is 10.5 Å². The molecule has 5 rings (SSSR count). The standard InChI is InChI=1S/C24H37N3O2/c1-17(25)19-5-7-20(8-6-19)21(16-24-13-18(14-24)15-24)26-9-11-27(12-10-26)22(28)29-23(2,3)4/h5-8,17-18,21H,9-16,25H2,1-4H3/t17-,18?,21?,24?/m0/s1. The summed E-state index contributed by atoms with van der Waals surface area (Å²) in [5.74, 6) is 1.00. The van der Waals surface area contributed by atoms with Crippen LogP contribution in [0.25, 0.3) is 0 Å². The van der Waals surface area contributed by atoms with Crippen molar-refractivity contribution in [2.75, 3.05) is 26.2 Å². The zero-order chi connectivity index (χ0) is 20.8. The molecule has 160 valence electrons. The summed E-state index contributed by atoms with van der Waals surface area (Å²) in [5, 5.41) is 0. The summed E-state index contributed by atoms with van der Waals surface area (Å²) in [5.41, 5.74) is 8.77. The monoisotopic (exact) mass is 399 g/mol. The van der Waals surface area contributed by atoms with Crippen LogP contribution < -0.4 is 5.73 Å². The van der Waals surface area contributed by atoms with E-state index >= 15 is 0 Å². The van der Waals surface area contributed by atoms with Gasteiger partial charge in [0.2, 0.25) is 0 Å². The average molecular weight is 400 g/mol. The van der Waals surface area contributed by atoms with Crippen molar-refractivity contribution in [2.24, 2.45) is 17.1 Å². The van der Waals surface area contributed by atoms with Crippen LogP contribution in [0.2, 0.25) is 0 Å². The van der Waals surface area contributed by atoms with E-state index < -0.39 is 5.60 Å². The quantitative estimate of drug-likeness (QED) is 0.792. The van der Waals surface area contributed by atoms with Crippen LogP contribution >= 0.6 is 0 Å². The highest BCUT2D eigenvalue weighted by molar-refractivity contribution is 5.68. The summed E-state index contributed by atoms with van der Waals surface area (Å²) in [6.07, 6.45) is 5.31. The Labute approximate surface area is 175 Å². The molecule has 4 aliphatic rings. The third-order valence-electron chi connectivity index (χ3n) is 7.05. The van der Waals surface area contributed by atoms with Crippen molar-refractivity contribution in [3.8, 4) is 0 Å². The lowest BCUT2D eigenvalue weighted by atomic mass is 9.42. The number of hydrogen-bond acceptors (Lipinski definition) is 4. The first-order valence-electron chi connectivity index (χ1n) is 11.2. The molecule has 29 heavy (non-hydrogen) atoms. The molecule has 1 unspecified atom stereocenters. The molecule has 3 aliphatic carbocycles. The first-order valence-corrected chi connectivity index (χ1v) is 11.2. The first kappa shape index (κ1) is 20.7. The van der Waals surface area contributed by atoms with Gasteiger partial charge in [-0.2, -0.15) is 0 Å². The Morgan fingerprint density at radius 2 is 1.66 bits per heavy atom. The maximum absolute atomic E-state index is 12.4. The summed E-state index contributed by atoms with van der Waals surface area (Å²) in [4.78, 5) is 16.9. The van der Waals surface area contributed by atoms with Crippen LogP contribution in [0.4, 0.5) is 4.79 Å². The highest BCUT2D eigenvalue weighted by atomic mass is 16.6. The van der Waals surface area contributed by atoms with Crippen LogP contribution in [0.3, 0.4) is 0 Å². The molecule has 2 N–H and O–H groups in total. The van der Waals surface area contributed by atoms with Gasteiger partial charge >= 0.3 is 6.09 Å². The molecule has 5 nitrogen and oxygen atoms in total. The molecular formula is C24H37N3O2. The van der Waals surface area contributed by atoms with Crippen LogP contribution in [0.5, 0.6) is 0 Å². The number of rotatable bonds is 5. The maximum Gasteiger partial charge on any atom is 0.410 e. The molecule has 5 heteroatoms. The SMILES string of the molecule is C[C@H](N)c1ccc(C(CC23CC(C2)C3)N2CCN(C(=O)OC(C)(C)C)CC2)cc1. The van der Waals surface area contributed by atoms with Gasteiger partial charge in [-0.3, -0.25) is 4.90 Å². The fourth-order valence-electron chi connectivity index (χ4n) is 5.34. The number of ether oxygens (including phenoxy) is 1. The Balaban J connectivity index is 1.44. The van der Waals surface area contributed by atoms with E-state index in [1.165, 1.54) is 36.8 Å². The van der Waals surface area contributed by atoms with Crippen molar-refractivity contribution in [1.29, 1.82) is 0 Å². The van der Waals surface area contributed by atoms with Gasteiger partial charge in [0.05, 0.1) is 0 Å². The molecule has 0 radical (unpaired) electrons. The number of carbonyl (C=O) groups excluding carboxylic acids is 1. The highest BCUT2D eigenvalue weighted by Gasteiger charge is 2.57. The average Bonchev–Trinajstić information content (AvgIpc) is 2.59. The number of piperazine rings is 1. The van der Waals surface area contributed by atoms with E-state index in [2.05, 4.69) is 29.2 Å². The summed E-state index contributed by atoms with van der Waals surface area (Å²) < 4.78 is 5.56. The minimum atomic E-state index is -0.442. The van der Waals surface area contributed by atoms with Crippen LogP contribution in [-0.2, 0) is 4.74 Å². The van der Waals surface area contributed by atoms with Crippen molar-refractivity contribution in [2.45, 2.75) is 71.1 Å². The third-order valence-corrected chi connectivity index (χ3v) is 7.05. The van der Waals surface area contributed by atoms with E-state index in [1.54, 1.807) is 0 Å².